The van der Waals surface area contributed by atoms with Crippen LogP contribution in [0.3, 0.4) is 0 Å². The van der Waals surface area contributed by atoms with Gasteiger partial charge >= 0.3 is 0 Å². The van der Waals surface area contributed by atoms with Gasteiger partial charge in [-0.15, -0.1) is 0 Å². The minimum absolute atomic E-state index is 0.0302. The predicted octanol–water partition coefficient (Wildman–Crippen LogP) is 17.8. The number of fused-ring (bicyclic) bond motifs is 4. The van der Waals surface area contributed by atoms with E-state index in [4.69, 9.17) is 4.42 Å². The lowest BCUT2D eigenvalue weighted by atomic mass is 9.63. The maximum absolute atomic E-state index is 6.39. The van der Waals surface area contributed by atoms with Crippen LogP contribution in [-0.4, -0.2) is 0 Å². The monoisotopic (exact) mass is 829 g/mol. The van der Waals surface area contributed by atoms with E-state index in [1.807, 2.05) is 6.07 Å². The van der Waals surface area contributed by atoms with Crippen molar-refractivity contribution >= 4 is 56.1 Å². The Bertz CT molecular complexity index is 3000. The Hall–Kier alpha value is -6.06. The SMILES string of the molecule is Cc1cc(N(c2ccc3c(c2)C(C)(C)CCC3(C)C)c2ccc(C(C)(C)C)cc2C)cc(N(c2ccc3oc4ccccc4c3c2)c2ccc(C(C)(C)C)cc2-c2ccccc2)c1. The van der Waals surface area contributed by atoms with E-state index in [1.165, 1.54) is 62.3 Å². The van der Waals surface area contributed by atoms with Gasteiger partial charge in [0, 0.05) is 44.8 Å². The van der Waals surface area contributed by atoms with Crippen molar-refractivity contribution in [2.75, 3.05) is 9.80 Å². The Kier molecular flexibility index (Phi) is 10.3. The van der Waals surface area contributed by atoms with Crippen LogP contribution in [0.2, 0.25) is 0 Å². The van der Waals surface area contributed by atoms with Crippen LogP contribution in [0, 0.1) is 13.8 Å². The number of para-hydroxylation sites is 1. The van der Waals surface area contributed by atoms with Gasteiger partial charge < -0.3 is 14.2 Å². The molecule has 0 spiro atoms. The van der Waals surface area contributed by atoms with Crippen LogP contribution in [-0.2, 0) is 21.7 Å². The quantitative estimate of drug-likeness (QED) is 0.160. The molecule has 0 saturated carbocycles. The van der Waals surface area contributed by atoms with Gasteiger partial charge in [-0.1, -0.05) is 142 Å². The summed E-state index contributed by atoms with van der Waals surface area (Å²) in [4.78, 5) is 4.99. The lowest BCUT2D eigenvalue weighted by Crippen LogP contribution is -2.34. The molecule has 9 rings (SSSR count). The summed E-state index contributed by atoms with van der Waals surface area (Å²) in [5.41, 5.74) is 19.1. The zero-order valence-corrected chi connectivity index (χ0v) is 39.6. The average molecular weight is 829 g/mol. The smallest absolute Gasteiger partial charge is 0.135 e. The molecular weight excluding hydrogens is 765 g/mol. The molecule has 1 aliphatic rings. The fraction of sp³-hybridized carbons (Fsp3) is 0.300. The van der Waals surface area contributed by atoms with E-state index in [2.05, 4.69) is 232 Å². The third kappa shape index (κ3) is 7.86. The Balaban J connectivity index is 1.32. The lowest BCUT2D eigenvalue weighted by molar-refractivity contribution is 0.332. The van der Waals surface area contributed by atoms with E-state index in [9.17, 15) is 0 Å². The van der Waals surface area contributed by atoms with Gasteiger partial charge in [-0.2, -0.15) is 0 Å². The van der Waals surface area contributed by atoms with E-state index in [0.29, 0.717) is 0 Å². The average Bonchev–Trinajstić information content (AvgIpc) is 3.61. The molecule has 8 aromatic rings. The Morgan fingerprint density at radius 3 is 1.68 bits per heavy atom. The van der Waals surface area contributed by atoms with Crippen LogP contribution in [0.15, 0.2) is 150 Å². The molecule has 0 bridgehead atoms. The molecule has 0 N–H and O–H groups in total. The minimum atomic E-state index is -0.0302. The highest BCUT2D eigenvalue weighted by molar-refractivity contribution is 6.07. The van der Waals surface area contributed by atoms with Crippen molar-refractivity contribution < 1.29 is 4.42 Å². The maximum Gasteiger partial charge on any atom is 0.135 e. The molecule has 0 fully saturated rings. The van der Waals surface area contributed by atoms with Gasteiger partial charge in [0.25, 0.3) is 0 Å². The predicted molar refractivity (Wildman–Crippen MR) is 271 cm³/mol. The fourth-order valence-corrected chi connectivity index (χ4v) is 9.84. The number of aryl methyl sites for hydroxylation is 2. The van der Waals surface area contributed by atoms with Crippen molar-refractivity contribution in [1.29, 1.82) is 0 Å². The van der Waals surface area contributed by atoms with Crippen LogP contribution in [0.5, 0.6) is 0 Å². The number of nitrogens with zero attached hydrogens (tertiary/aromatic N) is 2. The number of anilines is 6. The number of hydrogen-bond donors (Lipinski definition) is 0. The van der Waals surface area contributed by atoms with Crippen molar-refractivity contribution in [3.8, 4) is 11.1 Å². The van der Waals surface area contributed by atoms with Crippen LogP contribution in [0.1, 0.15) is 115 Å². The molecule has 0 amide bonds. The van der Waals surface area contributed by atoms with E-state index in [1.54, 1.807) is 0 Å². The maximum atomic E-state index is 6.39. The van der Waals surface area contributed by atoms with Gasteiger partial charge in [-0.3, -0.25) is 0 Å². The first kappa shape index (κ1) is 42.3. The van der Waals surface area contributed by atoms with Gasteiger partial charge in [-0.25, -0.2) is 0 Å². The molecular formula is C60H64N2O. The number of hydrogen-bond acceptors (Lipinski definition) is 3. The van der Waals surface area contributed by atoms with Gasteiger partial charge in [0.15, 0.2) is 0 Å². The fourth-order valence-electron chi connectivity index (χ4n) is 9.84. The van der Waals surface area contributed by atoms with Crippen LogP contribution >= 0.6 is 0 Å². The zero-order chi connectivity index (χ0) is 44.6. The van der Waals surface area contributed by atoms with Crippen molar-refractivity contribution in [2.24, 2.45) is 0 Å². The zero-order valence-electron chi connectivity index (χ0n) is 39.6. The second-order valence-electron chi connectivity index (χ2n) is 21.6. The van der Waals surface area contributed by atoms with Crippen molar-refractivity contribution in [3.05, 3.63) is 179 Å². The summed E-state index contributed by atoms with van der Waals surface area (Å²) in [5, 5.41) is 2.22. The summed E-state index contributed by atoms with van der Waals surface area (Å²) in [5.74, 6) is 0. The first-order valence-electron chi connectivity index (χ1n) is 22.9. The molecule has 0 radical (unpaired) electrons. The highest BCUT2D eigenvalue weighted by atomic mass is 16.3. The summed E-state index contributed by atoms with van der Waals surface area (Å²) in [6, 6.07) is 54.5. The summed E-state index contributed by atoms with van der Waals surface area (Å²) >= 11 is 0. The van der Waals surface area contributed by atoms with Crippen molar-refractivity contribution in [2.45, 2.75) is 118 Å². The third-order valence-electron chi connectivity index (χ3n) is 13.8. The van der Waals surface area contributed by atoms with Crippen LogP contribution < -0.4 is 9.80 Å². The van der Waals surface area contributed by atoms with Crippen LogP contribution in [0.4, 0.5) is 34.1 Å². The van der Waals surface area contributed by atoms with E-state index >= 15 is 0 Å². The summed E-state index contributed by atoms with van der Waals surface area (Å²) in [7, 11) is 0. The topological polar surface area (TPSA) is 19.6 Å². The van der Waals surface area contributed by atoms with E-state index in [0.717, 1.165) is 51.1 Å². The molecule has 1 aliphatic carbocycles. The molecule has 3 heteroatoms. The molecule has 1 aromatic heterocycles. The molecule has 63 heavy (non-hydrogen) atoms. The molecule has 320 valence electrons. The molecule has 0 aliphatic heterocycles. The van der Waals surface area contributed by atoms with Gasteiger partial charge in [0.1, 0.15) is 11.2 Å². The van der Waals surface area contributed by atoms with Gasteiger partial charge in [-0.05, 0) is 160 Å². The number of furan rings is 1. The summed E-state index contributed by atoms with van der Waals surface area (Å²) < 4.78 is 6.39. The molecule has 0 saturated heterocycles. The Morgan fingerprint density at radius 2 is 1.02 bits per heavy atom. The molecule has 0 atom stereocenters. The highest BCUT2D eigenvalue weighted by Crippen LogP contribution is 2.50. The van der Waals surface area contributed by atoms with Gasteiger partial charge in [0.05, 0.1) is 5.69 Å². The molecule has 7 aromatic carbocycles. The minimum Gasteiger partial charge on any atom is -0.456 e. The summed E-state index contributed by atoms with van der Waals surface area (Å²) in [6.45, 7) is 28.0. The normalized spacial score (nSPS) is 14.8. The molecule has 3 nitrogen and oxygen atoms in total. The molecule has 0 unspecified atom stereocenters. The van der Waals surface area contributed by atoms with E-state index in [-0.39, 0.29) is 21.7 Å². The standard InChI is InChI=1S/C60H64N2O/c1-39-32-46(61(53-27-22-42(34-40(53)2)57(3,4)5)45-24-26-51-52(38-45)60(11,12)31-30-59(51,9)10)36-47(33-39)62(44-25-29-56-50(37-44)48-20-16-17-21-55(48)63-56)54-28-23-43(58(6,7)8)35-49(54)41-18-14-13-15-19-41/h13-29,32-38H,30-31H2,1-12H3. The lowest BCUT2D eigenvalue weighted by Gasteiger charge is -2.42. The van der Waals surface area contributed by atoms with E-state index < -0.39 is 0 Å². The van der Waals surface area contributed by atoms with Crippen LogP contribution in [0.25, 0.3) is 33.1 Å². The second kappa shape index (κ2) is 15.3. The Morgan fingerprint density at radius 1 is 0.460 bits per heavy atom. The van der Waals surface area contributed by atoms with Crippen molar-refractivity contribution in [1.82, 2.24) is 0 Å². The van der Waals surface area contributed by atoms with Crippen molar-refractivity contribution in [3.63, 3.8) is 0 Å². The number of rotatable bonds is 7. The first-order chi connectivity index (χ1) is 29.8. The van der Waals surface area contributed by atoms with Gasteiger partial charge in [0.2, 0.25) is 0 Å². The number of benzene rings is 7. The molecule has 1 heterocycles. The third-order valence-corrected chi connectivity index (χ3v) is 13.8. The first-order valence-corrected chi connectivity index (χ1v) is 22.9. The highest BCUT2D eigenvalue weighted by Gasteiger charge is 2.37. The second-order valence-corrected chi connectivity index (χ2v) is 21.6. The summed E-state index contributed by atoms with van der Waals surface area (Å²) in [6.07, 6.45) is 2.34. The largest absolute Gasteiger partial charge is 0.456 e. The Labute approximate surface area is 376 Å².